The van der Waals surface area contributed by atoms with Gasteiger partial charge in [-0.2, -0.15) is 5.10 Å². The van der Waals surface area contributed by atoms with E-state index in [4.69, 9.17) is 0 Å². The van der Waals surface area contributed by atoms with Gasteiger partial charge in [0.15, 0.2) is 0 Å². The van der Waals surface area contributed by atoms with Crippen molar-refractivity contribution in [3.8, 4) is 11.3 Å². The fourth-order valence-electron chi connectivity index (χ4n) is 2.03. The molecule has 0 fully saturated rings. The van der Waals surface area contributed by atoms with Gasteiger partial charge in [0.05, 0.1) is 11.9 Å². The van der Waals surface area contributed by atoms with E-state index in [9.17, 15) is 4.39 Å². The van der Waals surface area contributed by atoms with E-state index in [0.717, 1.165) is 23.4 Å². The normalized spacial score (nSPS) is 11.2. The first kappa shape index (κ1) is 12.8. The van der Waals surface area contributed by atoms with Crippen LogP contribution in [0.1, 0.15) is 25.5 Å². The predicted octanol–water partition coefficient (Wildman–Crippen LogP) is 2.99. The van der Waals surface area contributed by atoms with Crippen LogP contribution in [0.4, 0.5) is 4.39 Å². The molecule has 4 heteroatoms. The molecule has 1 N–H and O–H groups in total. The number of hydrogen-bond acceptors (Lipinski definition) is 2. The minimum Gasteiger partial charge on any atom is -0.316 e. The summed E-state index contributed by atoms with van der Waals surface area (Å²) < 4.78 is 15.0. The summed E-state index contributed by atoms with van der Waals surface area (Å²) in [6.45, 7) is 4.92. The molecule has 0 aliphatic rings. The quantitative estimate of drug-likeness (QED) is 0.900. The number of benzene rings is 1. The molecule has 1 heterocycles. The van der Waals surface area contributed by atoms with Gasteiger partial charge in [-0.15, -0.1) is 0 Å². The number of aromatic nitrogens is 2. The second-order valence-corrected chi connectivity index (χ2v) is 4.59. The first-order chi connectivity index (χ1) is 8.63. The maximum atomic E-state index is 13.0. The van der Waals surface area contributed by atoms with Gasteiger partial charge in [-0.3, -0.25) is 4.68 Å². The van der Waals surface area contributed by atoms with Crippen LogP contribution in [0, 0.1) is 5.82 Å². The lowest BCUT2D eigenvalue weighted by molar-refractivity contribution is 0.538. The highest BCUT2D eigenvalue weighted by Gasteiger charge is 2.14. The van der Waals surface area contributed by atoms with Gasteiger partial charge < -0.3 is 5.32 Å². The molecule has 3 nitrogen and oxygen atoms in total. The molecule has 0 amide bonds. The van der Waals surface area contributed by atoms with Gasteiger partial charge in [0.25, 0.3) is 0 Å². The lowest BCUT2D eigenvalue weighted by Gasteiger charge is -2.13. The molecule has 2 aromatic rings. The molecule has 0 saturated heterocycles. The summed E-state index contributed by atoms with van der Waals surface area (Å²) >= 11 is 0. The van der Waals surface area contributed by atoms with E-state index in [1.165, 1.54) is 12.1 Å². The van der Waals surface area contributed by atoms with Crippen molar-refractivity contribution in [2.75, 3.05) is 7.05 Å². The van der Waals surface area contributed by atoms with E-state index < -0.39 is 0 Å². The third kappa shape index (κ3) is 2.43. The topological polar surface area (TPSA) is 29.9 Å². The van der Waals surface area contributed by atoms with Gasteiger partial charge in [0.1, 0.15) is 5.82 Å². The monoisotopic (exact) mass is 247 g/mol. The number of nitrogens with zero attached hydrogens (tertiary/aromatic N) is 2. The van der Waals surface area contributed by atoms with Crippen LogP contribution < -0.4 is 5.32 Å². The molecule has 18 heavy (non-hydrogen) atoms. The third-order valence-corrected chi connectivity index (χ3v) is 2.85. The number of nitrogens with one attached hydrogen (secondary N) is 1. The summed E-state index contributed by atoms with van der Waals surface area (Å²) in [7, 11) is 1.90. The van der Waals surface area contributed by atoms with Crippen molar-refractivity contribution in [3.05, 3.63) is 41.8 Å². The van der Waals surface area contributed by atoms with Crippen LogP contribution in [0.5, 0.6) is 0 Å². The smallest absolute Gasteiger partial charge is 0.123 e. The average Bonchev–Trinajstić information content (AvgIpc) is 2.75. The van der Waals surface area contributed by atoms with E-state index in [2.05, 4.69) is 24.3 Å². The molecule has 1 aromatic heterocycles. The Morgan fingerprint density at radius 2 is 1.94 bits per heavy atom. The SMILES string of the molecule is CNCc1cnn(C(C)C)c1-c1ccc(F)cc1. The van der Waals surface area contributed by atoms with Crippen LogP contribution in [0.25, 0.3) is 11.3 Å². The zero-order valence-electron chi connectivity index (χ0n) is 10.9. The first-order valence-corrected chi connectivity index (χ1v) is 6.10. The van der Waals surface area contributed by atoms with E-state index >= 15 is 0 Å². The Morgan fingerprint density at radius 3 is 2.50 bits per heavy atom. The van der Waals surface area contributed by atoms with E-state index in [-0.39, 0.29) is 11.9 Å². The van der Waals surface area contributed by atoms with Crippen LogP contribution in [-0.2, 0) is 6.54 Å². The summed E-state index contributed by atoms with van der Waals surface area (Å²) in [5, 5.41) is 7.55. The molecule has 96 valence electrons. The molecule has 0 bridgehead atoms. The molecular weight excluding hydrogens is 229 g/mol. The van der Waals surface area contributed by atoms with Gasteiger partial charge in [0, 0.05) is 23.7 Å². The largest absolute Gasteiger partial charge is 0.316 e. The van der Waals surface area contributed by atoms with Crippen molar-refractivity contribution < 1.29 is 4.39 Å². The van der Waals surface area contributed by atoms with Crippen LogP contribution in [0.15, 0.2) is 30.5 Å². The second kappa shape index (κ2) is 5.31. The van der Waals surface area contributed by atoms with Crippen molar-refractivity contribution in [3.63, 3.8) is 0 Å². The summed E-state index contributed by atoms with van der Waals surface area (Å²) in [6.07, 6.45) is 1.87. The summed E-state index contributed by atoms with van der Waals surface area (Å²) in [5.41, 5.74) is 3.17. The Morgan fingerprint density at radius 1 is 1.28 bits per heavy atom. The molecule has 1 aromatic carbocycles. The van der Waals surface area contributed by atoms with Crippen molar-refractivity contribution in [2.24, 2.45) is 0 Å². The number of halogens is 1. The highest BCUT2D eigenvalue weighted by atomic mass is 19.1. The fraction of sp³-hybridized carbons (Fsp3) is 0.357. The Labute approximate surface area is 107 Å². The third-order valence-electron chi connectivity index (χ3n) is 2.85. The van der Waals surface area contributed by atoms with E-state index in [0.29, 0.717) is 0 Å². The zero-order valence-corrected chi connectivity index (χ0v) is 10.9. The van der Waals surface area contributed by atoms with Crippen LogP contribution in [0.2, 0.25) is 0 Å². The number of hydrogen-bond donors (Lipinski definition) is 1. The molecule has 0 atom stereocenters. The van der Waals surface area contributed by atoms with Crippen molar-refractivity contribution in [1.82, 2.24) is 15.1 Å². The molecule has 0 spiro atoms. The minimum atomic E-state index is -0.218. The first-order valence-electron chi connectivity index (χ1n) is 6.10. The van der Waals surface area contributed by atoms with Crippen molar-refractivity contribution in [1.29, 1.82) is 0 Å². The maximum absolute atomic E-state index is 13.0. The molecule has 2 rings (SSSR count). The molecule has 0 aliphatic heterocycles. The van der Waals surface area contributed by atoms with E-state index in [1.807, 2.05) is 17.9 Å². The van der Waals surface area contributed by atoms with Crippen LogP contribution in [0.3, 0.4) is 0 Å². The van der Waals surface area contributed by atoms with Crippen molar-refractivity contribution >= 4 is 0 Å². The highest BCUT2D eigenvalue weighted by Crippen LogP contribution is 2.26. The van der Waals surface area contributed by atoms with Crippen LogP contribution in [-0.4, -0.2) is 16.8 Å². The molecule has 0 aliphatic carbocycles. The van der Waals surface area contributed by atoms with Gasteiger partial charge in [-0.25, -0.2) is 4.39 Å². The predicted molar refractivity (Wildman–Crippen MR) is 70.8 cm³/mol. The zero-order chi connectivity index (χ0) is 13.1. The minimum absolute atomic E-state index is 0.218. The molecular formula is C14H18FN3. The molecule has 0 unspecified atom stereocenters. The second-order valence-electron chi connectivity index (χ2n) is 4.59. The van der Waals surface area contributed by atoms with Gasteiger partial charge in [0.2, 0.25) is 0 Å². The summed E-state index contributed by atoms with van der Waals surface area (Å²) in [4.78, 5) is 0. The Balaban J connectivity index is 2.52. The lowest BCUT2D eigenvalue weighted by Crippen LogP contribution is -2.08. The van der Waals surface area contributed by atoms with Gasteiger partial charge >= 0.3 is 0 Å². The summed E-state index contributed by atoms with van der Waals surface area (Å²) in [5.74, 6) is -0.218. The standard InChI is InChI=1S/C14H18FN3/c1-10(2)18-14(12(8-16-3)9-17-18)11-4-6-13(15)7-5-11/h4-7,9-10,16H,8H2,1-3H3. The lowest BCUT2D eigenvalue weighted by atomic mass is 10.1. The molecule has 0 radical (unpaired) electrons. The number of rotatable bonds is 4. The van der Waals surface area contributed by atoms with Crippen LogP contribution >= 0.6 is 0 Å². The maximum Gasteiger partial charge on any atom is 0.123 e. The highest BCUT2D eigenvalue weighted by molar-refractivity contribution is 5.63. The summed E-state index contributed by atoms with van der Waals surface area (Å²) in [6, 6.07) is 6.83. The Kier molecular flexibility index (Phi) is 3.77. The molecule has 0 saturated carbocycles. The Hall–Kier alpha value is -1.68. The van der Waals surface area contributed by atoms with Crippen molar-refractivity contribution in [2.45, 2.75) is 26.4 Å². The van der Waals surface area contributed by atoms with Gasteiger partial charge in [-0.1, -0.05) is 0 Å². The Bertz CT molecular complexity index is 514. The average molecular weight is 247 g/mol. The fourth-order valence-corrected chi connectivity index (χ4v) is 2.03. The van der Waals surface area contributed by atoms with E-state index in [1.54, 1.807) is 12.1 Å². The van der Waals surface area contributed by atoms with Gasteiger partial charge in [-0.05, 0) is 45.2 Å².